The van der Waals surface area contributed by atoms with Crippen molar-refractivity contribution in [2.24, 2.45) is 0 Å². The molecule has 2 aromatic carbocycles. The van der Waals surface area contributed by atoms with Gasteiger partial charge in [0.2, 0.25) is 5.95 Å². The number of nitrogens with zero attached hydrogens (tertiary/aromatic N) is 7. The van der Waals surface area contributed by atoms with E-state index in [1.165, 1.54) is 6.33 Å². The quantitative estimate of drug-likeness (QED) is 0.328. The van der Waals surface area contributed by atoms with Gasteiger partial charge in [0.15, 0.2) is 0 Å². The Bertz CT molecular complexity index is 1590. The topological polar surface area (TPSA) is 140 Å². The summed E-state index contributed by atoms with van der Waals surface area (Å²) < 4.78 is 18.9. The lowest BCUT2D eigenvalue weighted by molar-refractivity contribution is 0.0259. The number of fused-ring (bicyclic) bond motifs is 2. The van der Waals surface area contributed by atoms with E-state index in [2.05, 4.69) is 31.4 Å². The second kappa shape index (κ2) is 11.2. The normalized spacial score (nSPS) is 18.1. The third-order valence-electron chi connectivity index (χ3n) is 7.18. The van der Waals surface area contributed by atoms with E-state index in [0.29, 0.717) is 54.0 Å². The second-order valence-electron chi connectivity index (χ2n) is 10.0. The van der Waals surface area contributed by atoms with Crippen LogP contribution in [0.1, 0.15) is 29.3 Å². The van der Waals surface area contributed by atoms with Crippen molar-refractivity contribution in [3.63, 3.8) is 0 Å². The van der Waals surface area contributed by atoms with E-state index in [1.807, 2.05) is 17.9 Å². The van der Waals surface area contributed by atoms with Crippen LogP contribution in [-0.4, -0.2) is 74.1 Å². The lowest BCUT2D eigenvalue weighted by Crippen LogP contribution is -2.41. The van der Waals surface area contributed by atoms with Crippen LogP contribution in [0, 0.1) is 11.3 Å². The van der Waals surface area contributed by atoms with Crippen molar-refractivity contribution in [1.29, 1.82) is 5.26 Å². The molecular formula is C29H28N8O4. The minimum absolute atomic E-state index is 0.0233. The predicted octanol–water partition coefficient (Wildman–Crippen LogP) is 3.44. The number of hydrogen-bond acceptors (Lipinski definition) is 10. The highest BCUT2D eigenvalue weighted by Gasteiger charge is 2.41. The standard InChI is InChI=1S/C29H28N8O4/c1-18(13-36-17-31-16-34-36)41-26-7-19(3-4-21(26)10-30)22-11-32-29(33-12-22)35-25-6-5-20(8-27(25)39-2)28(38)37-14-24-9-23(37)15-40-24/h3-8,11-12,16-18,23-24H,9,13-15H2,1-2H3,(H,32,33,35)/t18?,23-,24-/m0/s1. The zero-order chi connectivity index (χ0) is 28.3. The van der Waals surface area contributed by atoms with E-state index < -0.39 is 0 Å². The second-order valence-corrected chi connectivity index (χ2v) is 10.0. The number of likely N-dealkylation sites (tertiary alicyclic amines) is 1. The molecule has 2 bridgehead atoms. The first-order valence-corrected chi connectivity index (χ1v) is 13.2. The Balaban J connectivity index is 1.15. The van der Waals surface area contributed by atoms with E-state index in [4.69, 9.17) is 14.2 Å². The number of ether oxygens (including phenoxy) is 3. The molecule has 2 fully saturated rings. The highest BCUT2D eigenvalue weighted by Crippen LogP contribution is 2.33. The van der Waals surface area contributed by atoms with Gasteiger partial charge in [0.25, 0.3) is 5.91 Å². The number of nitrogens with one attached hydrogen (secondary N) is 1. The molecule has 2 aliphatic heterocycles. The van der Waals surface area contributed by atoms with Gasteiger partial charge in [-0.05, 0) is 49.2 Å². The van der Waals surface area contributed by atoms with Gasteiger partial charge in [-0.3, -0.25) is 4.79 Å². The largest absolute Gasteiger partial charge is 0.495 e. The molecule has 2 saturated heterocycles. The zero-order valence-corrected chi connectivity index (χ0v) is 22.6. The molecule has 208 valence electrons. The molecule has 2 aliphatic rings. The summed E-state index contributed by atoms with van der Waals surface area (Å²) in [4.78, 5) is 27.8. The van der Waals surface area contributed by atoms with Gasteiger partial charge in [-0.25, -0.2) is 19.6 Å². The molecule has 6 rings (SSSR count). The summed E-state index contributed by atoms with van der Waals surface area (Å²) in [5.74, 6) is 1.32. The van der Waals surface area contributed by atoms with Crippen molar-refractivity contribution >= 4 is 17.5 Å². The lowest BCUT2D eigenvalue weighted by Gasteiger charge is -2.27. The summed E-state index contributed by atoms with van der Waals surface area (Å²) in [7, 11) is 1.56. The summed E-state index contributed by atoms with van der Waals surface area (Å²) in [6.45, 7) is 3.62. The Morgan fingerprint density at radius 2 is 2.05 bits per heavy atom. The van der Waals surface area contributed by atoms with Gasteiger partial charge in [-0.1, -0.05) is 6.07 Å². The van der Waals surface area contributed by atoms with Gasteiger partial charge in [0, 0.05) is 30.1 Å². The molecule has 0 saturated carbocycles. The lowest BCUT2D eigenvalue weighted by atomic mass is 10.1. The molecule has 0 spiro atoms. The van der Waals surface area contributed by atoms with Crippen LogP contribution in [0.4, 0.5) is 11.6 Å². The van der Waals surface area contributed by atoms with E-state index in [0.717, 1.165) is 17.5 Å². The number of amides is 1. The van der Waals surface area contributed by atoms with Crippen molar-refractivity contribution in [2.45, 2.75) is 38.1 Å². The van der Waals surface area contributed by atoms with Gasteiger partial charge >= 0.3 is 0 Å². The Morgan fingerprint density at radius 3 is 2.73 bits per heavy atom. The molecule has 0 radical (unpaired) electrons. The van der Waals surface area contributed by atoms with Crippen molar-refractivity contribution < 1.29 is 19.0 Å². The van der Waals surface area contributed by atoms with Crippen molar-refractivity contribution in [2.75, 3.05) is 25.6 Å². The number of hydrogen-bond donors (Lipinski definition) is 1. The fourth-order valence-electron chi connectivity index (χ4n) is 5.14. The summed E-state index contributed by atoms with van der Waals surface area (Å²) >= 11 is 0. The van der Waals surface area contributed by atoms with Gasteiger partial charge in [-0.2, -0.15) is 10.4 Å². The molecule has 0 aliphatic carbocycles. The average molecular weight is 553 g/mol. The number of anilines is 2. The molecule has 4 aromatic rings. The SMILES string of the molecule is COc1cc(C(=O)N2C[C@@H]3C[C@H]2CO3)ccc1Nc1ncc(-c2ccc(C#N)c(OC(C)Cn3cncn3)c2)cn1. The summed E-state index contributed by atoms with van der Waals surface area (Å²) in [6, 6.07) is 13.0. The first-order chi connectivity index (χ1) is 20.0. The Hall–Kier alpha value is -5.02. The number of carbonyl (C=O) groups excluding carboxylic acids is 1. The predicted molar refractivity (Wildman–Crippen MR) is 148 cm³/mol. The van der Waals surface area contributed by atoms with Gasteiger partial charge in [-0.15, -0.1) is 0 Å². The number of aromatic nitrogens is 5. The van der Waals surface area contributed by atoms with Crippen LogP contribution < -0.4 is 14.8 Å². The van der Waals surface area contributed by atoms with Crippen LogP contribution in [0.25, 0.3) is 11.1 Å². The van der Waals surface area contributed by atoms with Crippen LogP contribution >= 0.6 is 0 Å². The summed E-state index contributed by atoms with van der Waals surface area (Å²) in [6.07, 6.45) is 7.26. The van der Waals surface area contributed by atoms with E-state index in [-0.39, 0.29) is 24.2 Å². The first kappa shape index (κ1) is 26.2. The molecule has 3 atom stereocenters. The maximum absolute atomic E-state index is 13.1. The molecule has 12 nitrogen and oxygen atoms in total. The molecule has 1 N–H and O–H groups in total. The van der Waals surface area contributed by atoms with Crippen LogP contribution in [0.5, 0.6) is 11.5 Å². The monoisotopic (exact) mass is 552 g/mol. The van der Waals surface area contributed by atoms with Gasteiger partial charge < -0.3 is 24.4 Å². The van der Waals surface area contributed by atoms with Gasteiger partial charge in [0.05, 0.1) is 43.7 Å². The molecule has 2 aromatic heterocycles. The maximum Gasteiger partial charge on any atom is 0.254 e. The number of methoxy groups -OCH3 is 1. The van der Waals surface area contributed by atoms with Crippen LogP contribution in [0.15, 0.2) is 61.4 Å². The Kier molecular flexibility index (Phi) is 7.18. The minimum atomic E-state index is -0.238. The number of benzene rings is 2. The minimum Gasteiger partial charge on any atom is -0.495 e. The van der Waals surface area contributed by atoms with Crippen molar-refractivity contribution in [1.82, 2.24) is 29.6 Å². The zero-order valence-electron chi connectivity index (χ0n) is 22.6. The molecule has 1 amide bonds. The third-order valence-corrected chi connectivity index (χ3v) is 7.18. The summed E-state index contributed by atoms with van der Waals surface area (Å²) in [5, 5.41) is 16.8. The van der Waals surface area contributed by atoms with Crippen molar-refractivity contribution in [3.05, 3.63) is 72.6 Å². The molecule has 41 heavy (non-hydrogen) atoms. The van der Waals surface area contributed by atoms with E-state index >= 15 is 0 Å². The smallest absolute Gasteiger partial charge is 0.254 e. The molecule has 12 heteroatoms. The third kappa shape index (κ3) is 5.53. The maximum atomic E-state index is 13.1. The average Bonchev–Trinajstić information content (AvgIpc) is 3.77. The van der Waals surface area contributed by atoms with E-state index in [9.17, 15) is 10.1 Å². The van der Waals surface area contributed by atoms with E-state index in [1.54, 1.807) is 60.8 Å². The fourth-order valence-corrected chi connectivity index (χ4v) is 5.14. The molecule has 1 unspecified atom stereocenters. The van der Waals surface area contributed by atoms with Crippen molar-refractivity contribution in [3.8, 4) is 28.7 Å². The number of morpholine rings is 1. The summed E-state index contributed by atoms with van der Waals surface area (Å²) in [5.41, 5.74) is 3.19. The number of carbonyl (C=O) groups is 1. The van der Waals surface area contributed by atoms with Crippen LogP contribution in [-0.2, 0) is 11.3 Å². The Labute approximate surface area is 236 Å². The number of nitriles is 1. The highest BCUT2D eigenvalue weighted by molar-refractivity contribution is 5.96. The molecular weight excluding hydrogens is 524 g/mol. The highest BCUT2D eigenvalue weighted by atomic mass is 16.5. The van der Waals surface area contributed by atoms with Crippen LogP contribution in [0.2, 0.25) is 0 Å². The fraction of sp³-hybridized carbons (Fsp3) is 0.310. The van der Waals surface area contributed by atoms with Gasteiger partial charge in [0.1, 0.15) is 36.3 Å². The van der Waals surface area contributed by atoms with Crippen LogP contribution in [0.3, 0.4) is 0 Å². The Morgan fingerprint density at radius 1 is 1.20 bits per heavy atom. The number of rotatable bonds is 9. The molecule has 4 heterocycles. The first-order valence-electron chi connectivity index (χ1n) is 13.2.